The molecule has 2 aliphatic rings. The molecular formula is C21H30N6O2. The van der Waals surface area contributed by atoms with Crippen molar-refractivity contribution in [3.63, 3.8) is 0 Å². The monoisotopic (exact) mass is 398 g/mol. The molecule has 1 unspecified atom stereocenters. The Hall–Kier alpha value is -2.48. The molecule has 2 saturated heterocycles. The summed E-state index contributed by atoms with van der Waals surface area (Å²) in [5, 5.41) is 8.01. The maximum atomic E-state index is 12.7. The van der Waals surface area contributed by atoms with Crippen LogP contribution in [0.25, 0.3) is 0 Å². The minimum Gasteiger partial charge on any atom is -0.424 e. The third-order valence-corrected chi connectivity index (χ3v) is 5.90. The Morgan fingerprint density at radius 3 is 2.76 bits per heavy atom. The van der Waals surface area contributed by atoms with Gasteiger partial charge in [-0.15, -0.1) is 10.2 Å². The molecule has 2 aromatic heterocycles. The first kappa shape index (κ1) is 19.8. The molecule has 156 valence electrons. The SMILES string of the molecule is Cc1nnc(CN2CCCC(CCC(=O)N3CCN(c4ccccn4)CC3)C2)o1. The van der Waals surface area contributed by atoms with E-state index in [1.54, 1.807) is 0 Å². The van der Waals surface area contributed by atoms with Crippen molar-refractivity contribution in [1.29, 1.82) is 0 Å². The van der Waals surface area contributed by atoms with Gasteiger partial charge in [0, 0.05) is 52.3 Å². The van der Waals surface area contributed by atoms with Gasteiger partial charge in [-0.3, -0.25) is 9.69 Å². The first-order chi connectivity index (χ1) is 14.2. The van der Waals surface area contributed by atoms with Crippen molar-refractivity contribution in [1.82, 2.24) is 25.0 Å². The van der Waals surface area contributed by atoms with Crippen molar-refractivity contribution in [2.75, 3.05) is 44.2 Å². The summed E-state index contributed by atoms with van der Waals surface area (Å²) in [5.41, 5.74) is 0. The Balaban J connectivity index is 1.19. The van der Waals surface area contributed by atoms with Gasteiger partial charge in [-0.25, -0.2) is 4.98 Å². The lowest BCUT2D eigenvalue weighted by molar-refractivity contribution is -0.131. The quantitative estimate of drug-likeness (QED) is 0.737. The van der Waals surface area contributed by atoms with Crippen LogP contribution in [0.4, 0.5) is 5.82 Å². The van der Waals surface area contributed by atoms with Gasteiger partial charge in [-0.05, 0) is 43.9 Å². The molecule has 4 heterocycles. The number of pyridine rings is 1. The summed E-state index contributed by atoms with van der Waals surface area (Å²) in [6, 6.07) is 5.97. The summed E-state index contributed by atoms with van der Waals surface area (Å²) >= 11 is 0. The molecule has 2 fully saturated rings. The maximum Gasteiger partial charge on any atom is 0.230 e. The maximum absolute atomic E-state index is 12.7. The topological polar surface area (TPSA) is 78.6 Å². The average Bonchev–Trinajstić information content (AvgIpc) is 3.17. The number of likely N-dealkylation sites (tertiary alicyclic amines) is 1. The van der Waals surface area contributed by atoms with Gasteiger partial charge in [-0.2, -0.15) is 0 Å². The zero-order valence-corrected chi connectivity index (χ0v) is 17.2. The van der Waals surface area contributed by atoms with E-state index < -0.39 is 0 Å². The van der Waals surface area contributed by atoms with E-state index in [0.29, 0.717) is 30.7 Å². The largest absolute Gasteiger partial charge is 0.424 e. The molecule has 2 aromatic rings. The van der Waals surface area contributed by atoms with Crippen molar-refractivity contribution in [3.05, 3.63) is 36.2 Å². The highest BCUT2D eigenvalue weighted by atomic mass is 16.4. The number of amides is 1. The van der Waals surface area contributed by atoms with E-state index in [-0.39, 0.29) is 5.91 Å². The number of piperazine rings is 1. The number of anilines is 1. The average molecular weight is 399 g/mol. The minimum atomic E-state index is 0.287. The summed E-state index contributed by atoms with van der Waals surface area (Å²) in [7, 11) is 0. The van der Waals surface area contributed by atoms with Crippen LogP contribution in [0.2, 0.25) is 0 Å². The second kappa shape index (κ2) is 9.35. The van der Waals surface area contributed by atoms with Crippen LogP contribution in [0, 0.1) is 12.8 Å². The molecule has 1 amide bonds. The molecule has 8 nitrogen and oxygen atoms in total. The lowest BCUT2D eigenvalue weighted by atomic mass is 9.93. The van der Waals surface area contributed by atoms with Crippen LogP contribution < -0.4 is 4.90 Å². The lowest BCUT2D eigenvalue weighted by Crippen LogP contribution is -2.49. The van der Waals surface area contributed by atoms with Gasteiger partial charge >= 0.3 is 0 Å². The number of rotatable bonds is 6. The highest BCUT2D eigenvalue weighted by Crippen LogP contribution is 2.23. The summed E-state index contributed by atoms with van der Waals surface area (Å²) < 4.78 is 5.51. The van der Waals surface area contributed by atoms with Crippen molar-refractivity contribution in [2.24, 2.45) is 5.92 Å². The molecule has 0 radical (unpaired) electrons. The Kier molecular flexibility index (Phi) is 6.39. The molecule has 0 N–H and O–H groups in total. The number of carbonyl (C=O) groups excluding carboxylic acids is 1. The van der Waals surface area contributed by atoms with E-state index in [4.69, 9.17) is 4.42 Å². The molecule has 8 heteroatoms. The third kappa shape index (κ3) is 5.32. The predicted molar refractivity (Wildman–Crippen MR) is 109 cm³/mol. The fourth-order valence-electron chi connectivity index (χ4n) is 4.33. The second-order valence-corrected chi connectivity index (χ2v) is 8.05. The van der Waals surface area contributed by atoms with Gasteiger partial charge < -0.3 is 14.2 Å². The van der Waals surface area contributed by atoms with E-state index in [2.05, 4.69) is 25.0 Å². The van der Waals surface area contributed by atoms with E-state index in [1.165, 1.54) is 6.42 Å². The highest BCUT2D eigenvalue weighted by molar-refractivity contribution is 5.76. The van der Waals surface area contributed by atoms with E-state index in [1.807, 2.05) is 36.2 Å². The molecule has 1 atom stereocenters. The summed E-state index contributed by atoms with van der Waals surface area (Å²) in [5.74, 6) is 3.15. The molecule has 0 bridgehead atoms. The zero-order chi connectivity index (χ0) is 20.1. The zero-order valence-electron chi connectivity index (χ0n) is 17.2. The van der Waals surface area contributed by atoms with Gasteiger partial charge in [0.1, 0.15) is 5.82 Å². The van der Waals surface area contributed by atoms with Gasteiger partial charge in [0.05, 0.1) is 6.54 Å². The number of hydrogen-bond donors (Lipinski definition) is 0. The number of aromatic nitrogens is 3. The molecule has 0 aromatic carbocycles. The number of piperidine rings is 1. The summed E-state index contributed by atoms with van der Waals surface area (Å²) in [6.07, 6.45) is 5.77. The van der Waals surface area contributed by atoms with Crippen LogP contribution >= 0.6 is 0 Å². The number of carbonyl (C=O) groups is 1. The van der Waals surface area contributed by atoms with Crippen LogP contribution in [0.15, 0.2) is 28.8 Å². The molecule has 2 aliphatic heterocycles. The molecule has 0 spiro atoms. The summed E-state index contributed by atoms with van der Waals surface area (Å²) in [6.45, 7) is 7.85. The van der Waals surface area contributed by atoms with Crippen LogP contribution in [0.1, 0.15) is 37.5 Å². The Labute approximate surface area is 171 Å². The fraction of sp³-hybridized carbons (Fsp3) is 0.619. The van der Waals surface area contributed by atoms with Crippen LogP contribution in [-0.2, 0) is 11.3 Å². The Bertz CT molecular complexity index is 787. The smallest absolute Gasteiger partial charge is 0.230 e. The Morgan fingerprint density at radius 1 is 1.17 bits per heavy atom. The fourth-order valence-corrected chi connectivity index (χ4v) is 4.33. The van der Waals surface area contributed by atoms with Crippen molar-refractivity contribution >= 4 is 11.7 Å². The van der Waals surface area contributed by atoms with Gasteiger partial charge in [0.2, 0.25) is 17.7 Å². The molecule has 4 rings (SSSR count). The first-order valence-electron chi connectivity index (χ1n) is 10.6. The number of nitrogens with zero attached hydrogens (tertiary/aromatic N) is 6. The number of aryl methyl sites for hydroxylation is 1. The van der Waals surface area contributed by atoms with Gasteiger partial charge in [-0.1, -0.05) is 6.07 Å². The van der Waals surface area contributed by atoms with E-state index in [9.17, 15) is 4.79 Å². The second-order valence-electron chi connectivity index (χ2n) is 8.05. The standard InChI is InChI=1S/C21H30N6O2/c1-17-23-24-20(29-17)16-25-10-4-5-18(15-25)7-8-21(28)27-13-11-26(12-14-27)19-6-2-3-9-22-19/h2-3,6,9,18H,4-5,7-8,10-16H2,1H3. The van der Waals surface area contributed by atoms with Crippen LogP contribution in [0.3, 0.4) is 0 Å². The molecule has 0 saturated carbocycles. The summed E-state index contributed by atoms with van der Waals surface area (Å²) in [4.78, 5) is 23.8. The molecule has 0 aliphatic carbocycles. The third-order valence-electron chi connectivity index (χ3n) is 5.90. The van der Waals surface area contributed by atoms with Crippen molar-refractivity contribution in [2.45, 2.75) is 39.2 Å². The number of hydrogen-bond acceptors (Lipinski definition) is 7. The lowest BCUT2D eigenvalue weighted by Gasteiger charge is -2.36. The Morgan fingerprint density at radius 2 is 2.03 bits per heavy atom. The predicted octanol–water partition coefficient (Wildman–Crippen LogP) is 2.11. The first-order valence-corrected chi connectivity index (χ1v) is 10.6. The van der Waals surface area contributed by atoms with Crippen molar-refractivity contribution < 1.29 is 9.21 Å². The van der Waals surface area contributed by atoms with Gasteiger partial charge in [0.25, 0.3) is 0 Å². The van der Waals surface area contributed by atoms with Crippen molar-refractivity contribution in [3.8, 4) is 0 Å². The van der Waals surface area contributed by atoms with Crippen LogP contribution in [0.5, 0.6) is 0 Å². The van der Waals surface area contributed by atoms with Gasteiger partial charge in [0.15, 0.2) is 0 Å². The normalized spacial score (nSPS) is 20.8. The van der Waals surface area contributed by atoms with Crippen LogP contribution in [-0.4, -0.2) is 70.2 Å². The molecular weight excluding hydrogens is 368 g/mol. The van der Waals surface area contributed by atoms with E-state index >= 15 is 0 Å². The highest BCUT2D eigenvalue weighted by Gasteiger charge is 2.25. The molecule has 29 heavy (non-hydrogen) atoms. The minimum absolute atomic E-state index is 0.287. The van der Waals surface area contributed by atoms with E-state index in [0.717, 1.165) is 57.9 Å².